The van der Waals surface area contributed by atoms with E-state index in [-0.39, 0.29) is 12.5 Å². The summed E-state index contributed by atoms with van der Waals surface area (Å²) in [5.41, 5.74) is 3.29. The maximum absolute atomic E-state index is 11.6. The van der Waals surface area contributed by atoms with E-state index >= 15 is 0 Å². The Balaban J connectivity index is 1.80. The average molecular weight is 309 g/mol. The van der Waals surface area contributed by atoms with E-state index in [0.29, 0.717) is 10.8 Å². The lowest BCUT2D eigenvalue weighted by Crippen LogP contribution is -2.24. The Bertz CT molecular complexity index is 612. The number of aryl methyl sites for hydroxylation is 1. The van der Waals surface area contributed by atoms with E-state index in [2.05, 4.69) is 10.5 Å². The molecule has 4 nitrogen and oxygen atoms in total. The minimum atomic E-state index is -0.313. The van der Waals surface area contributed by atoms with Crippen LogP contribution in [0.4, 0.5) is 0 Å². The van der Waals surface area contributed by atoms with E-state index in [4.69, 9.17) is 16.3 Å². The number of rotatable bonds is 5. The van der Waals surface area contributed by atoms with Crippen molar-refractivity contribution in [2.45, 2.75) is 6.92 Å². The van der Waals surface area contributed by atoms with E-state index in [9.17, 15) is 4.79 Å². The van der Waals surface area contributed by atoms with Crippen LogP contribution < -0.4 is 10.2 Å². The van der Waals surface area contributed by atoms with Crippen molar-refractivity contribution in [3.8, 4) is 5.75 Å². The van der Waals surface area contributed by atoms with Gasteiger partial charge in [-0.1, -0.05) is 17.7 Å². The second-order valence-electron chi connectivity index (χ2n) is 4.01. The van der Waals surface area contributed by atoms with Gasteiger partial charge in [0.25, 0.3) is 5.91 Å². The Morgan fingerprint density at radius 2 is 2.35 bits per heavy atom. The number of halogens is 1. The molecule has 0 atom stereocenters. The largest absolute Gasteiger partial charge is 0.483 e. The highest BCUT2D eigenvalue weighted by atomic mass is 35.5. The van der Waals surface area contributed by atoms with Gasteiger partial charge >= 0.3 is 0 Å². The van der Waals surface area contributed by atoms with Crippen molar-refractivity contribution in [1.29, 1.82) is 0 Å². The highest BCUT2D eigenvalue weighted by Crippen LogP contribution is 2.21. The van der Waals surface area contributed by atoms with Crippen LogP contribution in [-0.2, 0) is 4.79 Å². The smallest absolute Gasteiger partial charge is 0.277 e. The molecule has 2 aromatic rings. The van der Waals surface area contributed by atoms with Gasteiger partial charge in [0.2, 0.25) is 0 Å². The monoisotopic (exact) mass is 308 g/mol. The first-order chi connectivity index (χ1) is 9.65. The van der Waals surface area contributed by atoms with Crippen LogP contribution in [0.25, 0.3) is 0 Å². The lowest BCUT2D eigenvalue weighted by atomic mass is 10.2. The molecule has 1 amide bonds. The summed E-state index contributed by atoms with van der Waals surface area (Å²) >= 11 is 7.39. The van der Waals surface area contributed by atoms with Gasteiger partial charge in [0.15, 0.2) is 6.61 Å². The Kier molecular flexibility index (Phi) is 5.15. The topological polar surface area (TPSA) is 50.7 Å². The van der Waals surface area contributed by atoms with Crippen LogP contribution in [0.5, 0.6) is 5.75 Å². The number of carbonyl (C=O) groups is 1. The molecule has 1 aromatic carbocycles. The van der Waals surface area contributed by atoms with Crippen LogP contribution in [0.2, 0.25) is 5.02 Å². The van der Waals surface area contributed by atoms with E-state index in [1.54, 1.807) is 35.8 Å². The number of nitrogens with one attached hydrogen (secondary N) is 1. The summed E-state index contributed by atoms with van der Waals surface area (Å²) in [6, 6.07) is 9.06. The Morgan fingerprint density at radius 1 is 1.50 bits per heavy atom. The SMILES string of the molecule is Cc1cc(Cl)ccc1OCC(=O)N/N=C/c1cccs1. The molecule has 0 bridgehead atoms. The molecule has 0 spiro atoms. The van der Waals surface area contributed by atoms with Crippen molar-refractivity contribution < 1.29 is 9.53 Å². The number of thiophene rings is 1. The van der Waals surface area contributed by atoms with Gasteiger partial charge in [0.1, 0.15) is 5.75 Å². The lowest BCUT2D eigenvalue weighted by molar-refractivity contribution is -0.123. The maximum Gasteiger partial charge on any atom is 0.277 e. The van der Waals surface area contributed by atoms with Crippen LogP contribution >= 0.6 is 22.9 Å². The normalized spacial score (nSPS) is 10.7. The molecule has 1 heterocycles. The maximum atomic E-state index is 11.6. The minimum Gasteiger partial charge on any atom is -0.483 e. The molecule has 0 aliphatic rings. The van der Waals surface area contributed by atoms with Crippen molar-refractivity contribution in [2.75, 3.05) is 6.61 Å². The Labute approximate surface area is 126 Å². The van der Waals surface area contributed by atoms with Gasteiger partial charge < -0.3 is 4.74 Å². The number of benzene rings is 1. The third-order valence-corrected chi connectivity index (χ3v) is 3.46. The molecule has 0 saturated heterocycles. The van der Waals surface area contributed by atoms with Gasteiger partial charge in [-0.05, 0) is 42.1 Å². The first-order valence-electron chi connectivity index (χ1n) is 5.89. The number of nitrogens with zero attached hydrogens (tertiary/aromatic N) is 1. The molecule has 20 heavy (non-hydrogen) atoms. The van der Waals surface area contributed by atoms with Crippen molar-refractivity contribution >= 4 is 35.1 Å². The first kappa shape index (κ1) is 14.6. The molecule has 0 saturated carbocycles. The minimum absolute atomic E-state index is 0.0930. The zero-order valence-electron chi connectivity index (χ0n) is 10.8. The van der Waals surface area contributed by atoms with Gasteiger partial charge in [-0.15, -0.1) is 11.3 Å². The zero-order chi connectivity index (χ0) is 14.4. The number of hydrazone groups is 1. The number of carbonyl (C=O) groups excluding carboxylic acids is 1. The number of hydrogen-bond donors (Lipinski definition) is 1. The van der Waals surface area contributed by atoms with Crippen molar-refractivity contribution in [2.24, 2.45) is 5.10 Å². The summed E-state index contributed by atoms with van der Waals surface area (Å²) in [5, 5.41) is 6.43. The van der Waals surface area contributed by atoms with Crippen LogP contribution in [0, 0.1) is 6.92 Å². The summed E-state index contributed by atoms with van der Waals surface area (Å²) in [5.74, 6) is 0.318. The summed E-state index contributed by atoms with van der Waals surface area (Å²) < 4.78 is 5.40. The fourth-order valence-corrected chi connectivity index (χ4v) is 2.29. The van der Waals surface area contributed by atoms with Crippen LogP contribution in [0.1, 0.15) is 10.4 Å². The second-order valence-corrected chi connectivity index (χ2v) is 5.42. The predicted molar refractivity (Wildman–Crippen MR) is 81.7 cm³/mol. The second kappa shape index (κ2) is 7.07. The van der Waals surface area contributed by atoms with E-state index < -0.39 is 0 Å². The van der Waals surface area contributed by atoms with Crippen molar-refractivity contribution in [3.05, 3.63) is 51.2 Å². The molecule has 0 aliphatic carbocycles. The zero-order valence-corrected chi connectivity index (χ0v) is 12.4. The molecular formula is C14H13ClN2O2S. The first-order valence-corrected chi connectivity index (χ1v) is 7.15. The van der Waals surface area contributed by atoms with Crippen molar-refractivity contribution in [3.63, 3.8) is 0 Å². The highest BCUT2D eigenvalue weighted by molar-refractivity contribution is 7.11. The predicted octanol–water partition coefficient (Wildman–Crippen LogP) is 3.24. The summed E-state index contributed by atoms with van der Waals surface area (Å²) in [4.78, 5) is 12.5. The fourth-order valence-electron chi connectivity index (χ4n) is 1.48. The Hall–Kier alpha value is -1.85. The molecule has 6 heteroatoms. The molecule has 1 aromatic heterocycles. The van der Waals surface area contributed by atoms with Crippen LogP contribution in [0.15, 0.2) is 40.8 Å². The van der Waals surface area contributed by atoms with Gasteiger partial charge in [-0.3, -0.25) is 4.79 Å². The summed E-state index contributed by atoms with van der Waals surface area (Å²) in [7, 11) is 0. The molecule has 2 rings (SSSR count). The van der Waals surface area contributed by atoms with Crippen LogP contribution in [-0.4, -0.2) is 18.7 Å². The molecule has 0 unspecified atom stereocenters. The molecular weight excluding hydrogens is 296 g/mol. The number of hydrogen-bond acceptors (Lipinski definition) is 4. The molecule has 0 aliphatic heterocycles. The fraction of sp³-hybridized carbons (Fsp3) is 0.143. The highest BCUT2D eigenvalue weighted by Gasteiger charge is 2.04. The molecule has 1 N–H and O–H groups in total. The lowest BCUT2D eigenvalue weighted by Gasteiger charge is -2.08. The molecule has 0 radical (unpaired) electrons. The molecule has 0 fully saturated rings. The van der Waals surface area contributed by atoms with Gasteiger partial charge in [0.05, 0.1) is 6.21 Å². The average Bonchev–Trinajstić information content (AvgIpc) is 2.91. The van der Waals surface area contributed by atoms with Crippen LogP contribution in [0.3, 0.4) is 0 Å². The number of amides is 1. The van der Waals surface area contributed by atoms with Gasteiger partial charge in [0, 0.05) is 9.90 Å². The summed E-state index contributed by atoms with van der Waals surface area (Å²) in [6.45, 7) is 1.78. The van der Waals surface area contributed by atoms with E-state index in [1.807, 2.05) is 24.4 Å². The summed E-state index contributed by atoms with van der Waals surface area (Å²) in [6.07, 6.45) is 1.59. The van der Waals surface area contributed by atoms with Gasteiger partial charge in [-0.2, -0.15) is 5.10 Å². The third kappa shape index (κ3) is 4.36. The number of ether oxygens (including phenoxy) is 1. The van der Waals surface area contributed by atoms with Gasteiger partial charge in [-0.25, -0.2) is 5.43 Å². The van der Waals surface area contributed by atoms with E-state index in [1.165, 1.54) is 0 Å². The van der Waals surface area contributed by atoms with E-state index in [0.717, 1.165) is 10.4 Å². The van der Waals surface area contributed by atoms with Crippen molar-refractivity contribution in [1.82, 2.24) is 5.43 Å². The quantitative estimate of drug-likeness (QED) is 0.681. The standard InChI is InChI=1S/C14H13ClN2O2S/c1-10-7-11(15)4-5-13(10)19-9-14(18)17-16-8-12-3-2-6-20-12/h2-8H,9H2,1H3,(H,17,18)/b16-8+. The third-order valence-electron chi connectivity index (χ3n) is 2.42. The Morgan fingerprint density at radius 3 is 3.05 bits per heavy atom. The molecule has 104 valence electrons.